The van der Waals surface area contributed by atoms with Crippen LogP contribution >= 0.6 is 0 Å². The zero-order valence-electron chi connectivity index (χ0n) is 15.6. The molecule has 2 aromatic carbocycles. The van der Waals surface area contributed by atoms with E-state index in [0.29, 0.717) is 29.4 Å². The summed E-state index contributed by atoms with van der Waals surface area (Å²) >= 11 is 0. The van der Waals surface area contributed by atoms with Crippen LogP contribution in [-0.4, -0.2) is 42.2 Å². The standard InChI is InChI=1S/C19H20N4O4/c1-23-14-6-5-10(7-12(14)21-22-23)11-8-16(24)20-13-9-15(25-2)18(26-3)19(27-4)17(11)13/h5-7,9,11H,8H2,1-4H3,(H,20,24)/t11-/m0/s1. The lowest BCUT2D eigenvalue weighted by Gasteiger charge is -2.29. The van der Waals surface area contributed by atoms with Crippen LogP contribution in [0.25, 0.3) is 11.0 Å². The third-order valence-corrected chi connectivity index (χ3v) is 4.92. The molecule has 8 nitrogen and oxygen atoms in total. The van der Waals surface area contributed by atoms with Gasteiger partial charge in [0.25, 0.3) is 0 Å². The van der Waals surface area contributed by atoms with E-state index in [9.17, 15) is 4.79 Å². The van der Waals surface area contributed by atoms with E-state index in [-0.39, 0.29) is 11.8 Å². The van der Waals surface area contributed by atoms with Gasteiger partial charge < -0.3 is 19.5 Å². The summed E-state index contributed by atoms with van der Waals surface area (Å²) in [7, 11) is 6.54. The largest absolute Gasteiger partial charge is 0.493 e. The number of rotatable bonds is 4. The Morgan fingerprint density at radius 2 is 1.89 bits per heavy atom. The molecule has 0 spiro atoms. The molecule has 1 N–H and O–H groups in total. The number of carbonyl (C=O) groups excluding carboxylic acids is 1. The van der Waals surface area contributed by atoms with Crippen molar-refractivity contribution in [2.75, 3.05) is 26.6 Å². The zero-order valence-corrected chi connectivity index (χ0v) is 15.6. The lowest BCUT2D eigenvalue weighted by Crippen LogP contribution is -2.24. The van der Waals surface area contributed by atoms with Crippen molar-refractivity contribution < 1.29 is 19.0 Å². The lowest BCUT2D eigenvalue weighted by molar-refractivity contribution is -0.116. The number of aryl methyl sites for hydroxylation is 1. The maximum atomic E-state index is 12.4. The molecule has 1 aliphatic heterocycles. The first kappa shape index (κ1) is 17.1. The van der Waals surface area contributed by atoms with Gasteiger partial charge in [0.1, 0.15) is 5.52 Å². The van der Waals surface area contributed by atoms with Crippen molar-refractivity contribution in [3.05, 3.63) is 35.4 Å². The Balaban J connectivity index is 1.94. The molecule has 3 aromatic rings. The summed E-state index contributed by atoms with van der Waals surface area (Å²) in [6, 6.07) is 7.69. The van der Waals surface area contributed by atoms with Crippen LogP contribution in [-0.2, 0) is 11.8 Å². The first-order valence-corrected chi connectivity index (χ1v) is 8.49. The van der Waals surface area contributed by atoms with Crippen molar-refractivity contribution >= 4 is 22.6 Å². The van der Waals surface area contributed by atoms with E-state index in [1.807, 2.05) is 25.2 Å². The molecule has 0 fully saturated rings. The molecule has 0 saturated carbocycles. The van der Waals surface area contributed by atoms with Gasteiger partial charge in [0.2, 0.25) is 11.7 Å². The Morgan fingerprint density at radius 3 is 2.59 bits per heavy atom. The third-order valence-electron chi connectivity index (χ3n) is 4.92. The molecule has 0 bridgehead atoms. The summed E-state index contributed by atoms with van der Waals surface area (Å²) in [5, 5.41) is 11.2. The topological polar surface area (TPSA) is 87.5 Å². The summed E-state index contributed by atoms with van der Waals surface area (Å²) in [5.74, 6) is 1.28. The number of nitrogens with one attached hydrogen (secondary N) is 1. The van der Waals surface area contributed by atoms with Crippen molar-refractivity contribution in [1.29, 1.82) is 0 Å². The summed E-state index contributed by atoms with van der Waals surface area (Å²) in [5.41, 5.74) is 4.19. The Labute approximate surface area is 156 Å². The number of hydrogen-bond acceptors (Lipinski definition) is 6. The summed E-state index contributed by atoms with van der Waals surface area (Å²) in [6.45, 7) is 0. The zero-order chi connectivity index (χ0) is 19.1. The van der Waals surface area contributed by atoms with Crippen molar-refractivity contribution in [2.24, 2.45) is 7.05 Å². The molecule has 0 aliphatic carbocycles. The van der Waals surface area contributed by atoms with Crippen LogP contribution < -0.4 is 19.5 Å². The maximum Gasteiger partial charge on any atom is 0.225 e. The fourth-order valence-electron chi connectivity index (χ4n) is 3.68. The minimum atomic E-state index is -0.199. The van der Waals surface area contributed by atoms with Gasteiger partial charge in [-0.15, -0.1) is 5.10 Å². The van der Waals surface area contributed by atoms with Crippen molar-refractivity contribution in [2.45, 2.75) is 12.3 Å². The van der Waals surface area contributed by atoms with E-state index >= 15 is 0 Å². The van der Waals surface area contributed by atoms with E-state index in [2.05, 4.69) is 15.6 Å². The molecule has 8 heteroatoms. The molecule has 0 radical (unpaired) electrons. The summed E-state index contributed by atoms with van der Waals surface area (Å²) < 4.78 is 18.3. The van der Waals surface area contributed by atoms with Gasteiger partial charge in [-0.25, -0.2) is 4.68 Å². The second-order valence-electron chi connectivity index (χ2n) is 6.37. The van der Waals surface area contributed by atoms with E-state index in [0.717, 1.165) is 22.2 Å². The van der Waals surface area contributed by atoms with Crippen LogP contribution in [0.1, 0.15) is 23.5 Å². The molecule has 4 rings (SSSR count). The van der Waals surface area contributed by atoms with E-state index in [1.54, 1.807) is 32.1 Å². The van der Waals surface area contributed by atoms with E-state index in [4.69, 9.17) is 14.2 Å². The number of hydrogen-bond donors (Lipinski definition) is 1. The highest BCUT2D eigenvalue weighted by molar-refractivity contribution is 5.97. The lowest BCUT2D eigenvalue weighted by atomic mass is 9.83. The van der Waals surface area contributed by atoms with Crippen LogP contribution in [0.5, 0.6) is 17.2 Å². The van der Waals surface area contributed by atoms with Gasteiger partial charge >= 0.3 is 0 Å². The van der Waals surface area contributed by atoms with Crippen molar-refractivity contribution in [3.63, 3.8) is 0 Å². The number of nitrogens with zero attached hydrogens (tertiary/aromatic N) is 3. The summed E-state index contributed by atoms with van der Waals surface area (Å²) in [4.78, 5) is 12.4. The smallest absolute Gasteiger partial charge is 0.225 e. The first-order chi connectivity index (χ1) is 13.1. The van der Waals surface area contributed by atoms with Gasteiger partial charge in [-0.2, -0.15) is 0 Å². The molecule has 1 aromatic heterocycles. The average Bonchev–Trinajstić information content (AvgIpc) is 3.05. The Bertz CT molecular complexity index is 1040. The van der Waals surface area contributed by atoms with Gasteiger partial charge in [-0.1, -0.05) is 11.3 Å². The fraction of sp³-hybridized carbons (Fsp3) is 0.316. The van der Waals surface area contributed by atoms with Crippen LogP contribution in [0.2, 0.25) is 0 Å². The van der Waals surface area contributed by atoms with Crippen molar-refractivity contribution in [3.8, 4) is 17.2 Å². The number of fused-ring (bicyclic) bond motifs is 2. The Morgan fingerprint density at radius 1 is 1.11 bits per heavy atom. The number of amides is 1. The highest BCUT2D eigenvalue weighted by Gasteiger charge is 2.33. The molecular weight excluding hydrogens is 348 g/mol. The number of ether oxygens (including phenoxy) is 3. The number of carbonyl (C=O) groups is 1. The van der Waals surface area contributed by atoms with Gasteiger partial charge in [0, 0.05) is 31.0 Å². The third kappa shape index (κ3) is 2.64. The molecule has 0 unspecified atom stereocenters. The highest BCUT2D eigenvalue weighted by atomic mass is 16.5. The molecule has 1 aliphatic rings. The van der Waals surface area contributed by atoms with Gasteiger partial charge in [0.05, 0.1) is 32.5 Å². The first-order valence-electron chi connectivity index (χ1n) is 8.49. The number of methoxy groups -OCH3 is 3. The van der Waals surface area contributed by atoms with E-state index in [1.165, 1.54) is 0 Å². The monoisotopic (exact) mass is 368 g/mol. The van der Waals surface area contributed by atoms with E-state index < -0.39 is 0 Å². The highest BCUT2D eigenvalue weighted by Crippen LogP contribution is 2.51. The molecule has 27 heavy (non-hydrogen) atoms. The molecule has 1 amide bonds. The van der Waals surface area contributed by atoms with Crippen LogP contribution in [0, 0.1) is 0 Å². The number of aromatic nitrogens is 3. The van der Waals surface area contributed by atoms with Crippen LogP contribution in [0.3, 0.4) is 0 Å². The second kappa shape index (κ2) is 6.46. The Hall–Kier alpha value is -3.29. The quantitative estimate of drug-likeness (QED) is 0.761. The van der Waals surface area contributed by atoms with Gasteiger partial charge in [-0.3, -0.25) is 4.79 Å². The van der Waals surface area contributed by atoms with Crippen molar-refractivity contribution in [1.82, 2.24) is 15.0 Å². The maximum absolute atomic E-state index is 12.4. The molecule has 140 valence electrons. The second-order valence-corrected chi connectivity index (χ2v) is 6.37. The summed E-state index contributed by atoms with van der Waals surface area (Å²) in [6.07, 6.45) is 0.296. The van der Waals surface area contributed by atoms with Gasteiger partial charge in [-0.05, 0) is 17.7 Å². The molecule has 1 atom stereocenters. The molecule has 2 heterocycles. The SMILES string of the molecule is COc1cc2c(c(OC)c1OC)[C@H](c1ccc3c(c1)nnn3C)CC(=O)N2. The van der Waals surface area contributed by atoms with Crippen LogP contribution in [0.4, 0.5) is 5.69 Å². The minimum Gasteiger partial charge on any atom is -0.493 e. The predicted molar refractivity (Wildman–Crippen MR) is 99.7 cm³/mol. The fourth-order valence-corrected chi connectivity index (χ4v) is 3.68. The normalized spacial score (nSPS) is 16.0. The van der Waals surface area contributed by atoms with Crippen LogP contribution in [0.15, 0.2) is 24.3 Å². The molecular formula is C19H20N4O4. The number of anilines is 1. The molecule has 0 saturated heterocycles. The number of benzene rings is 2. The Kier molecular flexibility index (Phi) is 4.10. The van der Waals surface area contributed by atoms with Gasteiger partial charge in [0.15, 0.2) is 11.5 Å². The predicted octanol–water partition coefficient (Wildman–Crippen LogP) is 2.47. The average molecular weight is 368 g/mol. The minimum absolute atomic E-state index is 0.0685.